The molecule has 0 aliphatic rings. The summed E-state index contributed by atoms with van der Waals surface area (Å²) in [4.78, 5) is 0. The zero-order valence-corrected chi connectivity index (χ0v) is 10.7. The van der Waals surface area contributed by atoms with Gasteiger partial charge in [-0.3, -0.25) is 0 Å². The molecule has 0 spiro atoms. The minimum absolute atomic E-state index is 0.0629. The first-order valence-corrected chi connectivity index (χ1v) is 6.20. The second-order valence-electron chi connectivity index (χ2n) is 4.37. The Labute approximate surface area is 105 Å². The van der Waals surface area contributed by atoms with Crippen molar-refractivity contribution in [3.05, 3.63) is 23.5 Å². The Kier molecular flexibility index (Phi) is 5.31. The summed E-state index contributed by atoms with van der Waals surface area (Å²) < 4.78 is 40.5. The van der Waals surface area contributed by atoms with Gasteiger partial charge in [0.25, 0.3) is 0 Å². The predicted octanol–water partition coefficient (Wildman–Crippen LogP) is 4.07. The number of rotatable bonds is 6. The van der Waals surface area contributed by atoms with Crippen molar-refractivity contribution in [2.75, 3.05) is 11.1 Å². The van der Waals surface area contributed by atoms with Gasteiger partial charge in [-0.05, 0) is 12.8 Å². The van der Waals surface area contributed by atoms with Gasteiger partial charge in [-0.25, -0.2) is 13.2 Å². The van der Waals surface area contributed by atoms with E-state index in [-0.39, 0.29) is 6.04 Å². The van der Waals surface area contributed by atoms with Gasteiger partial charge in [-0.2, -0.15) is 0 Å². The van der Waals surface area contributed by atoms with Crippen LogP contribution in [0.2, 0.25) is 0 Å². The van der Waals surface area contributed by atoms with Crippen LogP contribution in [0.4, 0.5) is 24.5 Å². The average Bonchev–Trinajstić information content (AvgIpc) is 2.32. The van der Waals surface area contributed by atoms with E-state index < -0.39 is 28.8 Å². The molecule has 0 bridgehead atoms. The van der Waals surface area contributed by atoms with Crippen LogP contribution in [0.5, 0.6) is 0 Å². The molecule has 18 heavy (non-hydrogen) atoms. The first kappa shape index (κ1) is 14.7. The molecule has 3 N–H and O–H groups in total. The van der Waals surface area contributed by atoms with Crippen LogP contribution < -0.4 is 11.1 Å². The van der Waals surface area contributed by atoms with E-state index in [0.29, 0.717) is 0 Å². The van der Waals surface area contributed by atoms with Gasteiger partial charge in [0, 0.05) is 12.1 Å². The molecule has 0 saturated heterocycles. The lowest BCUT2D eigenvalue weighted by Crippen LogP contribution is -2.21. The first-order chi connectivity index (χ1) is 8.51. The second kappa shape index (κ2) is 6.52. The maximum atomic E-state index is 13.6. The number of halogens is 3. The zero-order chi connectivity index (χ0) is 13.7. The molecule has 0 unspecified atom stereocenters. The van der Waals surface area contributed by atoms with Gasteiger partial charge < -0.3 is 11.1 Å². The third-order valence-corrected chi connectivity index (χ3v) is 2.81. The fourth-order valence-electron chi connectivity index (χ4n) is 1.94. The van der Waals surface area contributed by atoms with Crippen molar-refractivity contribution in [3.63, 3.8) is 0 Å². The molecular formula is C13H19F3N2. The topological polar surface area (TPSA) is 38.0 Å². The summed E-state index contributed by atoms with van der Waals surface area (Å²) in [6, 6.07) is 0.738. The van der Waals surface area contributed by atoms with Crippen molar-refractivity contribution in [2.24, 2.45) is 0 Å². The average molecular weight is 260 g/mol. The zero-order valence-electron chi connectivity index (χ0n) is 10.7. The van der Waals surface area contributed by atoms with Crippen LogP contribution in [0.3, 0.4) is 0 Å². The lowest BCUT2D eigenvalue weighted by atomic mass is 10.1. The van der Waals surface area contributed by atoms with Crippen molar-refractivity contribution in [1.82, 2.24) is 0 Å². The van der Waals surface area contributed by atoms with Crippen molar-refractivity contribution < 1.29 is 13.2 Å². The molecule has 0 aromatic heterocycles. The highest BCUT2D eigenvalue weighted by Crippen LogP contribution is 2.27. The van der Waals surface area contributed by atoms with E-state index in [0.717, 1.165) is 31.7 Å². The van der Waals surface area contributed by atoms with Gasteiger partial charge in [0.1, 0.15) is 5.69 Å². The van der Waals surface area contributed by atoms with E-state index in [9.17, 15) is 13.2 Å². The molecule has 0 heterocycles. The molecule has 5 heteroatoms. The third kappa shape index (κ3) is 3.31. The van der Waals surface area contributed by atoms with Gasteiger partial charge in [-0.15, -0.1) is 0 Å². The molecular weight excluding hydrogens is 241 g/mol. The van der Waals surface area contributed by atoms with Gasteiger partial charge in [0.15, 0.2) is 17.5 Å². The predicted molar refractivity (Wildman–Crippen MR) is 68.0 cm³/mol. The molecule has 2 nitrogen and oxygen atoms in total. The van der Waals surface area contributed by atoms with Crippen LogP contribution in [-0.4, -0.2) is 6.04 Å². The lowest BCUT2D eigenvalue weighted by Gasteiger charge is -2.20. The normalized spacial score (nSPS) is 11.0. The van der Waals surface area contributed by atoms with Gasteiger partial charge >= 0.3 is 0 Å². The fraction of sp³-hybridized carbons (Fsp3) is 0.538. The van der Waals surface area contributed by atoms with E-state index in [1.54, 1.807) is 0 Å². The second-order valence-corrected chi connectivity index (χ2v) is 4.37. The lowest BCUT2D eigenvalue weighted by molar-refractivity contribution is 0.495. The highest BCUT2D eigenvalue weighted by atomic mass is 19.2. The summed E-state index contributed by atoms with van der Waals surface area (Å²) in [6.45, 7) is 3.97. The molecule has 1 aromatic carbocycles. The molecule has 0 saturated carbocycles. The monoisotopic (exact) mass is 260 g/mol. The number of nitrogen functional groups attached to an aromatic ring is 1. The molecule has 102 valence electrons. The maximum absolute atomic E-state index is 13.6. The molecule has 0 aliphatic heterocycles. The molecule has 0 atom stereocenters. The van der Waals surface area contributed by atoms with Gasteiger partial charge in [0.05, 0.1) is 5.69 Å². The summed E-state index contributed by atoms with van der Waals surface area (Å²) >= 11 is 0. The maximum Gasteiger partial charge on any atom is 0.187 e. The SMILES string of the molecule is CCCC(CCC)Nc1c(F)cc(N)c(F)c1F. The number of anilines is 2. The molecule has 1 aromatic rings. The number of nitrogens with two attached hydrogens (primary N) is 1. The van der Waals surface area contributed by atoms with Crippen LogP contribution in [0.25, 0.3) is 0 Å². The van der Waals surface area contributed by atoms with E-state index >= 15 is 0 Å². The van der Waals surface area contributed by atoms with Crippen LogP contribution in [0.15, 0.2) is 6.07 Å². The van der Waals surface area contributed by atoms with E-state index in [1.807, 2.05) is 13.8 Å². The van der Waals surface area contributed by atoms with E-state index in [2.05, 4.69) is 5.32 Å². The number of benzene rings is 1. The Morgan fingerprint density at radius 1 is 1.11 bits per heavy atom. The Balaban J connectivity index is 2.98. The number of hydrogen-bond acceptors (Lipinski definition) is 2. The minimum atomic E-state index is -1.25. The summed E-state index contributed by atoms with van der Waals surface area (Å²) in [6.07, 6.45) is 3.33. The summed E-state index contributed by atoms with van der Waals surface area (Å²) in [7, 11) is 0. The highest BCUT2D eigenvalue weighted by molar-refractivity contribution is 5.55. The summed E-state index contributed by atoms with van der Waals surface area (Å²) in [5.41, 5.74) is 4.22. The van der Waals surface area contributed by atoms with E-state index in [1.165, 1.54) is 0 Å². The largest absolute Gasteiger partial charge is 0.396 e. The van der Waals surface area contributed by atoms with E-state index in [4.69, 9.17) is 5.73 Å². The Hall–Kier alpha value is -1.39. The standard InChI is InChI=1S/C13H19F3N2/c1-3-5-8(6-4-2)18-13-9(14)7-10(17)11(15)12(13)16/h7-8,18H,3-6,17H2,1-2H3. The Bertz CT molecular complexity index is 402. The van der Waals surface area contributed by atoms with Crippen LogP contribution in [0, 0.1) is 17.5 Å². The van der Waals surface area contributed by atoms with Gasteiger partial charge in [-0.1, -0.05) is 26.7 Å². The van der Waals surface area contributed by atoms with Crippen LogP contribution in [-0.2, 0) is 0 Å². The Morgan fingerprint density at radius 3 is 2.17 bits per heavy atom. The summed E-state index contributed by atoms with van der Waals surface area (Å²) in [5, 5.41) is 2.74. The van der Waals surface area contributed by atoms with Crippen molar-refractivity contribution in [1.29, 1.82) is 0 Å². The van der Waals surface area contributed by atoms with Crippen molar-refractivity contribution in [3.8, 4) is 0 Å². The first-order valence-electron chi connectivity index (χ1n) is 6.20. The third-order valence-electron chi connectivity index (χ3n) is 2.81. The Morgan fingerprint density at radius 2 is 1.67 bits per heavy atom. The van der Waals surface area contributed by atoms with Gasteiger partial charge in [0.2, 0.25) is 0 Å². The summed E-state index contributed by atoms with van der Waals surface area (Å²) in [5.74, 6) is -3.31. The smallest absolute Gasteiger partial charge is 0.187 e. The highest BCUT2D eigenvalue weighted by Gasteiger charge is 2.19. The van der Waals surface area contributed by atoms with Crippen molar-refractivity contribution >= 4 is 11.4 Å². The quantitative estimate of drug-likeness (QED) is 0.597. The molecule has 1 rings (SSSR count). The molecule has 0 radical (unpaired) electrons. The fourth-order valence-corrected chi connectivity index (χ4v) is 1.94. The molecule has 0 amide bonds. The number of nitrogens with one attached hydrogen (secondary N) is 1. The molecule has 0 fully saturated rings. The van der Waals surface area contributed by atoms with Crippen LogP contribution in [0.1, 0.15) is 39.5 Å². The molecule has 0 aliphatic carbocycles. The minimum Gasteiger partial charge on any atom is -0.396 e. The van der Waals surface area contributed by atoms with Crippen LogP contribution >= 0.6 is 0 Å². The van der Waals surface area contributed by atoms with Crippen molar-refractivity contribution in [2.45, 2.75) is 45.6 Å². The number of hydrogen-bond donors (Lipinski definition) is 2.